The molecule has 0 unspecified atom stereocenters. The van der Waals surface area contributed by atoms with Gasteiger partial charge in [-0.05, 0) is 48.6 Å². The van der Waals surface area contributed by atoms with Gasteiger partial charge in [0, 0.05) is 23.3 Å². The fraction of sp³-hybridized carbons (Fsp3) is 0.0800. The standard InChI is InChI=1S/C25H18N4O7S3/c30-24-21(38-25(37)28(24)26-23-19-6-2-4-8-22(19)39(33,34)27-23)15-16-5-1-3-7-20(16)36-14-13-35-18-11-9-17(10-12-18)29(31)32/h1-12,15H,13-14H2,(H,26,27)/b21-15+. The lowest BCUT2D eigenvalue weighted by atomic mass is 10.2. The number of carbonyl (C=O) groups is 1. The Bertz CT molecular complexity index is 1650. The maximum Gasteiger partial charge on any atom is 0.285 e. The highest BCUT2D eigenvalue weighted by Crippen LogP contribution is 2.34. The van der Waals surface area contributed by atoms with Gasteiger partial charge in [-0.15, -0.1) is 4.40 Å². The van der Waals surface area contributed by atoms with E-state index in [1.165, 1.54) is 30.3 Å². The molecule has 1 amide bonds. The molecule has 11 nitrogen and oxygen atoms in total. The van der Waals surface area contributed by atoms with Crippen LogP contribution in [0.5, 0.6) is 11.5 Å². The van der Waals surface area contributed by atoms with Crippen LogP contribution in [0.1, 0.15) is 11.1 Å². The molecule has 1 fully saturated rings. The molecule has 0 bridgehead atoms. The van der Waals surface area contributed by atoms with E-state index in [9.17, 15) is 23.3 Å². The number of benzene rings is 3. The maximum atomic E-state index is 13.2. The smallest absolute Gasteiger partial charge is 0.285 e. The number of thiocarbonyl (C=S) groups is 1. The molecule has 2 aliphatic rings. The SMILES string of the molecule is O=C1/C(=C\c2ccccc2OCCOc2ccc([N+](=O)[O-])cc2)SC(=S)N1NC1=NS(=O)(=O)c2ccccc21. The summed E-state index contributed by atoms with van der Waals surface area (Å²) >= 11 is 6.42. The van der Waals surface area contributed by atoms with E-state index >= 15 is 0 Å². The van der Waals surface area contributed by atoms with Crippen molar-refractivity contribution < 1.29 is 27.6 Å². The molecule has 5 rings (SSSR count). The molecular formula is C25H18N4O7S3. The van der Waals surface area contributed by atoms with Crippen molar-refractivity contribution in [3.05, 3.63) is 98.9 Å². The molecular weight excluding hydrogens is 564 g/mol. The van der Waals surface area contributed by atoms with Crippen LogP contribution in [-0.2, 0) is 14.8 Å². The number of ether oxygens (including phenoxy) is 2. The quantitative estimate of drug-likeness (QED) is 0.137. The molecule has 1 saturated heterocycles. The first kappa shape index (κ1) is 26.3. The van der Waals surface area contributed by atoms with E-state index in [-0.39, 0.29) is 34.0 Å². The van der Waals surface area contributed by atoms with Gasteiger partial charge in [-0.25, -0.2) is 0 Å². The summed E-state index contributed by atoms with van der Waals surface area (Å²) in [6, 6.07) is 19.1. The topological polar surface area (TPSA) is 140 Å². The first-order chi connectivity index (χ1) is 18.7. The van der Waals surface area contributed by atoms with Crippen LogP contribution in [-0.4, -0.2) is 47.6 Å². The minimum Gasteiger partial charge on any atom is -0.490 e. The fourth-order valence-electron chi connectivity index (χ4n) is 3.70. The van der Waals surface area contributed by atoms with Gasteiger partial charge in [0.15, 0.2) is 10.2 Å². The predicted molar refractivity (Wildman–Crippen MR) is 149 cm³/mol. The van der Waals surface area contributed by atoms with Gasteiger partial charge in [-0.1, -0.05) is 42.1 Å². The zero-order valence-electron chi connectivity index (χ0n) is 19.8. The third kappa shape index (κ3) is 5.62. The monoisotopic (exact) mass is 582 g/mol. The number of hydrogen-bond acceptors (Lipinski definition) is 10. The van der Waals surface area contributed by atoms with E-state index in [4.69, 9.17) is 21.7 Å². The third-order valence-corrected chi connectivity index (χ3v) is 8.14. The van der Waals surface area contributed by atoms with Gasteiger partial charge in [0.1, 0.15) is 29.6 Å². The third-order valence-electron chi connectivity index (χ3n) is 5.51. The summed E-state index contributed by atoms with van der Waals surface area (Å²) in [4.78, 5) is 23.8. The Morgan fingerprint density at radius 2 is 1.72 bits per heavy atom. The van der Waals surface area contributed by atoms with Crippen LogP contribution >= 0.6 is 24.0 Å². The molecule has 0 saturated carbocycles. The largest absolute Gasteiger partial charge is 0.490 e. The summed E-state index contributed by atoms with van der Waals surface area (Å²) in [7, 11) is -3.86. The summed E-state index contributed by atoms with van der Waals surface area (Å²) in [5, 5.41) is 11.9. The molecule has 1 N–H and O–H groups in total. The van der Waals surface area contributed by atoms with Crippen molar-refractivity contribution in [3.63, 3.8) is 0 Å². The van der Waals surface area contributed by atoms with Crippen LogP contribution in [0.4, 0.5) is 5.69 Å². The number of hydrazine groups is 1. The lowest BCUT2D eigenvalue weighted by Crippen LogP contribution is -2.44. The van der Waals surface area contributed by atoms with E-state index in [0.717, 1.165) is 16.8 Å². The molecule has 0 spiro atoms. The maximum absolute atomic E-state index is 13.2. The summed E-state index contributed by atoms with van der Waals surface area (Å²) in [5.74, 6) is 0.518. The number of nitrogens with one attached hydrogen (secondary N) is 1. The summed E-state index contributed by atoms with van der Waals surface area (Å²) in [6.07, 6.45) is 1.63. The highest BCUT2D eigenvalue weighted by atomic mass is 32.2. The van der Waals surface area contributed by atoms with Gasteiger partial charge in [-0.2, -0.15) is 13.4 Å². The Hall–Kier alpha value is -4.27. The zero-order valence-corrected chi connectivity index (χ0v) is 22.3. The molecule has 0 atom stereocenters. The first-order valence-electron chi connectivity index (χ1n) is 11.3. The number of amides is 1. The number of hydrogen-bond donors (Lipinski definition) is 1. The van der Waals surface area contributed by atoms with Crippen molar-refractivity contribution >= 4 is 61.8 Å². The van der Waals surface area contributed by atoms with E-state index in [1.54, 1.807) is 48.5 Å². The number of rotatable bonds is 8. The highest BCUT2D eigenvalue weighted by Gasteiger charge is 2.36. The molecule has 3 aromatic carbocycles. The molecule has 0 aromatic heterocycles. The second-order valence-electron chi connectivity index (χ2n) is 8.03. The van der Waals surface area contributed by atoms with Gasteiger partial charge in [0.05, 0.1) is 9.83 Å². The van der Waals surface area contributed by atoms with Crippen LogP contribution in [0.3, 0.4) is 0 Å². The first-order valence-corrected chi connectivity index (χ1v) is 14.0. The fourth-order valence-corrected chi connectivity index (χ4v) is 6.05. The van der Waals surface area contributed by atoms with Crippen molar-refractivity contribution in [1.29, 1.82) is 0 Å². The molecule has 0 aliphatic carbocycles. The average molecular weight is 583 g/mol. The Kier molecular flexibility index (Phi) is 7.32. The Balaban J connectivity index is 1.25. The summed E-state index contributed by atoms with van der Waals surface area (Å²) in [5.41, 5.74) is 3.70. The predicted octanol–water partition coefficient (Wildman–Crippen LogP) is 3.91. The minimum atomic E-state index is -3.86. The van der Waals surface area contributed by atoms with Crippen molar-refractivity contribution in [2.24, 2.45) is 4.40 Å². The lowest BCUT2D eigenvalue weighted by molar-refractivity contribution is -0.384. The average Bonchev–Trinajstić information content (AvgIpc) is 3.34. The molecule has 39 heavy (non-hydrogen) atoms. The molecule has 3 aromatic rings. The molecule has 198 valence electrons. The van der Waals surface area contributed by atoms with Crippen molar-refractivity contribution in [1.82, 2.24) is 10.4 Å². The number of sulfonamides is 1. The number of nitro benzene ring substituents is 1. The molecule has 0 radical (unpaired) electrons. The van der Waals surface area contributed by atoms with Gasteiger partial charge in [0.25, 0.3) is 21.6 Å². The molecule has 2 heterocycles. The van der Waals surface area contributed by atoms with Crippen molar-refractivity contribution in [2.75, 3.05) is 13.2 Å². The van der Waals surface area contributed by atoms with Crippen LogP contribution < -0.4 is 14.9 Å². The Labute approximate surface area is 232 Å². The van der Waals surface area contributed by atoms with Gasteiger partial charge >= 0.3 is 0 Å². The van der Waals surface area contributed by atoms with E-state index < -0.39 is 20.9 Å². The number of nitro groups is 1. The molecule has 14 heteroatoms. The number of para-hydroxylation sites is 1. The number of carbonyl (C=O) groups excluding carboxylic acids is 1. The number of fused-ring (bicyclic) bond motifs is 1. The van der Waals surface area contributed by atoms with Crippen LogP contribution in [0.25, 0.3) is 6.08 Å². The van der Waals surface area contributed by atoms with Crippen LogP contribution in [0.15, 0.2) is 87.0 Å². The van der Waals surface area contributed by atoms with Crippen LogP contribution in [0.2, 0.25) is 0 Å². The number of thioether (sulfide) groups is 1. The lowest BCUT2D eigenvalue weighted by Gasteiger charge is -2.16. The van der Waals surface area contributed by atoms with E-state index in [2.05, 4.69) is 9.82 Å². The van der Waals surface area contributed by atoms with E-state index in [0.29, 0.717) is 27.5 Å². The van der Waals surface area contributed by atoms with Crippen molar-refractivity contribution in [2.45, 2.75) is 4.90 Å². The second kappa shape index (κ2) is 10.8. The minimum absolute atomic E-state index is 0.0138. The normalized spacial score (nSPS) is 16.7. The van der Waals surface area contributed by atoms with Gasteiger partial charge < -0.3 is 9.47 Å². The zero-order chi connectivity index (χ0) is 27.6. The Morgan fingerprint density at radius 3 is 2.49 bits per heavy atom. The van der Waals surface area contributed by atoms with Crippen molar-refractivity contribution in [3.8, 4) is 11.5 Å². The highest BCUT2D eigenvalue weighted by molar-refractivity contribution is 8.26. The number of nitrogens with zero attached hydrogens (tertiary/aromatic N) is 3. The Morgan fingerprint density at radius 1 is 1.03 bits per heavy atom. The second-order valence-corrected chi connectivity index (χ2v) is 11.3. The van der Waals surface area contributed by atoms with Gasteiger partial charge in [-0.3, -0.25) is 20.3 Å². The van der Waals surface area contributed by atoms with Crippen LogP contribution in [0, 0.1) is 10.1 Å². The molecule has 2 aliphatic heterocycles. The summed E-state index contributed by atoms with van der Waals surface area (Å²) < 4.78 is 40.0. The van der Waals surface area contributed by atoms with Gasteiger partial charge in [0.2, 0.25) is 0 Å². The van der Waals surface area contributed by atoms with E-state index in [1.807, 2.05) is 0 Å². The number of non-ortho nitro benzene ring substituents is 1. The number of amidine groups is 1. The summed E-state index contributed by atoms with van der Waals surface area (Å²) in [6.45, 7) is 0.364.